The standard InChI is InChI=1S/C11H23N3/c1-6-7-14(5)10(2)8-11(3,9-12)13-4/h10,13H,6-8H2,1-5H3. The molecular formula is C11H23N3. The second kappa shape index (κ2) is 6.00. The first kappa shape index (κ1) is 13.4. The molecule has 82 valence electrons. The minimum Gasteiger partial charge on any atom is -0.304 e. The van der Waals surface area contributed by atoms with E-state index in [1.165, 1.54) is 0 Å². The minimum absolute atomic E-state index is 0.401. The molecule has 0 spiro atoms. The van der Waals surface area contributed by atoms with Gasteiger partial charge in [0, 0.05) is 6.04 Å². The van der Waals surface area contributed by atoms with Crippen LogP contribution in [0.2, 0.25) is 0 Å². The molecular weight excluding hydrogens is 174 g/mol. The highest BCUT2D eigenvalue weighted by Crippen LogP contribution is 2.14. The van der Waals surface area contributed by atoms with Crippen molar-refractivity contribution in [3.63, 3.8) is 0 Å². The second-order valence-corrected chi connectivity index (χ2v) is 4.23. The van der Waals surface area contributed by atoms with Crippen LogP contribution in [0.3, 0.4) is 0 Å². The first-order valence-electron chi connectivity index (χ1n) is 5.29. The van der Waals surface area contributed by atoms with E-state index >= 15 is 0 Å². The van der Waals surface area contributed by atoms with Crippen LogP contribution in [0.1, 0.15) is 33.6 Å². The van der Waals surface area contributed by atoms with Crippen molar-refractivity contribution in [1.82, 2.24) is 10.2 Å². The van der Waals surface area contributed by atoms with Gasteiger partial charge in [-0.05, 0) is 47.3 Å². The SMILES string of the molecule is CCCN(C)C(C)CC(C)(C#N)NC. The van der Waals surface area contributed by atoms with Gasteiger partial charge in [0.2, 0.25) is 0 Å². The van der Waals surface area contributed by atoms with Gasteiger partial charge in [-0.25, -0.2) is 0 Å². The summed E-state index contributed by atoms with van der Waals surface area (Å²) in [5.74, 6) is 0. The molecule has 0 amide bonds. The van der Waals surface area contributed by atoms with E-state index in [0.717, 1.165) is 19.4 Å². The predicted octanol–water partition coefficient (Wildman–Crippen LogP) is 1.61. The molecule has 0 aromatic heterocycles. The molecule has 0 heterocycles. The highest BCUT2D eigenvalue weighted by atomic mass is 15.1. The van der Waals surface area contributed by atoms with Crippen LogP contribution < -0.4 is 5.32 Å². The van der Waals surface area contributed by atoms with Gasteiger partial charge >= 0.3 is 0 Å². The maximum Gasteiger partial charge on any atom is 0.105 e. The number of hydrogen-bond acceptors (Lipinski definition) is 3. The lowest BCUT2D eigenvalue weighted by Crippen LogP contribution is -2.44. The van der Waals surface area contributed by atoms with Gasteiger partial charge in [-0.3, -0.25) is 0 Å². The smallest absolute Gasteiger partial charge is 0.105 e. The monoisotopic (exact) mass is 197 g/mol. The number of hydrogen-bond donors (Lipinski definition) is 1. The third-order valence-electron chi connectivity index (χ3n) is 2.83. The zero-order valence-corrected chi connectivity index (χ0v) is 10.1. The van der Waals surface area contributed by atoms with Crippen LogP contribution in [0.4, 0.5) is 0 Å². The molecule has 0 saturated carbocycles. The predicted molar refractivity (Wildman–Crippen MR) is 60.1 cm³/mol. The van der Waals surface area contributed by atoms with Crippen molar-refractivity contribution >= 4 is 0 Å². The average Bonchev–Trinajstić information content (AvgIpc) is 2.18. The lowest BCUT2D eigenvalue weighted by molar-refractivity contribution is 0.217. The van der Waals surface area contributed by atoms with Crippen molar-refractivity contribution in [2.45, 2.75) is 45.2 Å². The van der Waals surface area contributed by atoms with E-state index in [-0.39, 0.29) is 0 Å². The van der Waals surface area contributed by atoms with Crippen LogP contribution in [-0.2, 0) is 0 Å². The van der Waals surface area contributed by atoms with Crippen LogP contribution in [0.25, 0.3) is 0 Å². The quantitative estimate of drug-likeness (QED) is 0.703. The summed E-state index contributed by atoms with van der Waals surface area (Å²) in [6.45, 7) is 7.38. The Morgan fingerprint density at radius 3 is 2.50 bits per heavy atom. The van der Waals surface area contributed by atoms with Crippen molar-refractivity contribution in [2.24, 2.45) is 0 Å². The molecule has 3 heteroatoms. The Morgan fingerprint density at radius 2 is 2.14 bits per heavy atom. The molecule has 0 aromatic rings. The highest BCUT2D eigenvalue weighted by molar-refractivity contribution is 5.04. The molecule has 1 N–H and O–H groups in total. The van der Waals surface area contributed by atoms with Crippen molar-refractivity contribution in [1.29, 1.82) is 5.26 Å². The Labute approximate surface area is 88.1 Å². The largest absolute Gasteiger partial charge is 0.304 e. The third kappa shape index (κ3) is 4.08. The van der Waals surface area contributed by atoms with Gasteiger partial charge in [-0.2, -0.15) is 5.26 Å². The van der Waals surface area contributed by atoms with E-state index in [0.29, 0.717) is 6.04 Å². The summed E-state index contributed by atoms with van der Waals surface area (Å²) < 4.78 is 0. The van der Waals surface area contributed by atoms with Crippen LogP contribution in [0.15, 0.2) is 0 Å². The third-order valence-corrected chi connectivity index (χ3v) is 2.83. The van der Waals surface area contributed by atoms with Crippen molar-refractivity contribution in [2.75, 3.05) is 20.6 Å². The van der Waals surface area contributed by atoms with Crippen LogP contribution >= 0.6 is 0 Å². The zero-order chi connectivity index (χ0) is 11.2. The molecule has 0 aliphatic carbocycles. The van der Waals surface area contributed by atoms with Gasteiger partial charge in [0.05, 0.1) is 6.07 Å². The molecule has 0 aliphatic rings. The Hall–Kier alpha value is -0.590. The molecule has 0 radical (unpaired) electrons. The van der Waals surface area contributed by atoms with Crippen molar-refractivity contribution < 1.29 is 0 Å². The van der Waals surface area contributed by atoms with E-state index in [2.05, 4.69) is 37.2 Å². The lowest BCUT2D eigenvalue weighted by Gasteiger charge is -2.30. The summed E-state index contributed by atoms with van der Waals surface area (Å²) in [5.41, 5.74) is -0.401. The fraction of sp³-hybridized carbons (Fsp3) is 0.909. The van der Waals surface area contributed by atoms with E-state index < -0.39 is 5.54 Å². The van der Waals surface area contributed by atoms with Crippen LogP contribution in [0, 0.1) is 11.3 Å². The highest BCUT2D eigenvalue weighted by Gasteiger charge is 2.25. The van der Waals surface area contributed by atoms with E-state index in [9.17, 15) is 0 Å². The summed E-state index contributed by atoms with van der Waals surface area (Å²) in [5, 5.41) is 12.1. The maximum absolute atomic E-state index is 9.01. The molecule has 2 unspecified atom stereocenters. The first-order chi connectivity index (χ1) is 6.49. The van der Waals surface area contributed by atoms with E-state index in [1.807, 2.05) is 14.0 Å². The number of nitriles is 1. The fourth-order valence-corrected chi connectivity index (χ4v) is 1.52. The second-order valence-electron chi connectivity index (χ2n) is 4.23. The van der Waals surface area contributed by atoms with Crippen molar-refractivity contribution in [3.8, 4) is 6.07 Å². The summed E-state index contributed by atoms with van der Waals surface area (Å²) in [6, 6.07) is 2.76. The molecule has 0 aromatic carbocycles. The van der Waals surface area contributed by atoms with Gasteiger partial charge in [-0.1, -0.05) is 6.92 Å². The zero-order valence-electron chi connectivity index (χ0n) is 10.1. The Balaban J connectivity index is 4.16. The summed E-state index contributed by atoms with van der Waals surface area (Å²) in [7, 11) is 3.96. The van der Waals surface area contributed by atoms with Gasteiger partial charge in [-0.15, -0.1) is 0 Å². The summed E-state index contributed by atoms with van der Waals surface area (Å²) >= 11 is 0. The lowest BCUT2D eigenvalue weighted by atomic mass is 9.95. The molecule has 0 fully saturated rings. The molecule has 2 atom stereocenters. The molecule has 14 heavy (non-hydrogen) atoms. The number of nitrogens with one attached hydrogen (secondary N) is 1. The minimum atomic E-state index is -0.401. The van der Waals surface area contributed by atoms with Gasteiger partial charge in [0.15, 0.2) is 0 Å². The van der Waals surface area contributed by atoms with Gasteiger partial charge in [0.25, 0.3) is 0 Å². The van der Waals surface area contributed by atoms with Gasteiger partial charge < -0.3 is 10.2 Å². The average molecular weight is 197 g/mol. The van der Waals surface area contributed by atoms with Crippen molar-refractivity contribution in [3.05, 3.63) is 0 Å². The van der Waals surface area contributed by atoms with Crippen LogP contribution in [-0.4, -0.2) is 37.1 Å². The Morgan fingerprint density at radius 1 is 1.57 bits per heavy atom. The molecule has 0 aliphatic heterocycles. The first-order valence-corrected chi connectivity index (χ1v) is 5.29. The van der Waals surface area contributed by atoms with Gasteiger partial charge in [0.1, 0.15) is 5.54 Å². The number of nitrogens with zero attached hydrogens (tertiary/aromatic N) is 2. The van der Waals surface area contributed by atoms with E-state index in [1.54, 1.807) is 0 Å². The Bertz CT molecular complexity index is 197. The molecule has 0 saturated heterocycles. The van der Waals surface area contributed by atoms with E-state index in [4.69, 9.17) is 5.26 Å². The normalized spacial score (nSPS) is 17.5. The Kier molecular flexibility index (Phi) is 5.75. The number of rotatable bonds is 6. The molecule has 0 bridgehead atoms. The topological polar surface area (TPSA) is 39.1 Å². The summed E-state index contributed by atoms with van der Waals surface area (Å²) in [4.78, 5) is 2.30. The fourth-order valence-electron chi connectivity index (χ4n) is 1.52. The summed E-state index contributed by atoms with van der Waals surface area (Å²) in [6.07, 6.45) is 2.01. The molecule has 3 nitrogen and oxygen atoms in total. The molecule has 0 rings (SSSR count). The maximum atomic E-state index is 9.01. The van der Waals surface area contributed by atoms with Crippen LogP contribution in [0.5, 0.6) is 0 Å².